The maximum atomic E-state index is 13.2. The molecule has 1 saturated heterocycles. The van der Waals surface area contributed by atoms with Gasteiger partial charge in [0.2, 0.25) is 5.91 Å². The molecular weight excluding hydrogens is 349 g/mol. The van der Waals surface area contributed by atoms with Gasteiger partial charge in [0.05, 0.1) is 23.9 Å². The van der Waals surface area contributed by atoms with Gasteiger partial charge in [-0.2, -0.15) is 5.10 Å². The second-order valence-electron chi connectivity index (χ2n) is 6.96. The molecule has 1 aliphatic heterocycles. The molecule has 0 aliphatic carbocycles. The van der Waals surface area contributed by atoms with Gasteiger partial charge in [0.25, 0.3) is 0 Å². The molecule has 0 radical (unpaired) electrons. The molecule has 0 spiro atoms. The lowest BCUT2D eigenvalue weighted by Crippen LogP contribution is -2.41. The standard InChI is InChI=1S/C20H24FN3O3/c1-3-17(14-4-6-15(21)7-5-14)19(25)23-10-8-16(9-11-23)24-13(2)18(12-22-24)20(26)27/h4-7,12,16-17H,3,8-11H2,1-2H3,(H,26,27). The minimum atomic E-state index is -0.976. The van der Waals surface area contributed by atoms with Crippen molar-refractivity contribution in [3.05, 3.63) is 53.1 Å². The first kappa shape index (κ1) is 19.1. The van der Waals surface area contributed by atoms with Gasteiger partial charge in [-0.1, -0.05) is 19.1 Å². The Labute approximate surface area is 157 Å². The van der Waals surface area contributed by atoms with Crippen LogP contribution in [0.4, 0.5) is 4.39 Å². The van der Waals surface area contributed by atoms with Crippen molar-refractivity contribution < 1.29 is 19.1 Å². The second-order valence-corrected chi connectivity index (χ2v) is 6.96. The van der Waals surface area contributed by atoms with Crippen LogP contribution in [-0.4, -0.2) is 44.8 Å². The maximum Gasteiger partial charge on any atom is 0.339 e. The molecule has 27 heavy (non-hydrogen) atoms. The number of aromatic nitrogens is 2. The Bertz CT molecular complexity index is 823. The highest BCUT2D eigenvalue weighted by molar-refractivity contribution is 5.88. The number of likely N-dealkylation sites (tertiary alicyclic amines) is 1. The van der Waals surface area contributed by atoms with Crippen LogP contribution in [0.2, 0.25) is 0 Å². The number of piperidine rings is 1. The smallest absolute Gasteiger partial charge is 0.339 e. The molecule has 1 aromatic carbocycles. The third-order valence-electron chi connectivity index (χ3n) is 5.38. The van der Waals surface area contributed by atoms with Gasteiger partial charge in [0.1, 0.15) is 11.4 Å². The van der Waals surface area contributed by atoms with Crippen molar-refractivity contribution in [3.63, 3.8) is 0 Å². The van der Waals surface area contributed by atoms with Gasteiger partial charge < -0.3 is 10.0 Å². The summed E-state index contributed by atoms with van der Waals surface area (Å²) in [5.74, 6) is -1.49. The average Bonchev–Trinajstić information content (AvgIpc) is 3.05. The Morgan fingerprint density at radius 1 is 1.26 bits per heavy atom. The fraction of sp³-hybridized carbons (Fsp3) is 0.450. The third-order valence-corrected chi connectivity index (χ3v) is 5.38. The summed E-state index contributed by atoms with van der Waals surface area (Å²) < 4.78 is 14.9. The van der Waals surface area contributed by atoms with Crippen LogP contribution < -0.4 is 0 Å². The first-order valence-corrected chi connectivity index (χ1v) is 9.24. The Hall–Kier alpha value is -2.70. The number of benzene rings is 1. The molecule has 1 fully saturated rings. The van der Waals surface area contributed by atoms with E-state index in [0.717, 1.165) is 18.4 Å². The number of hydrogen-bond acceptors (Lipinski definition) is 3. The number of hydrogen-bond donors (Lipinski definition) is 1. The summed E-state index contributed by atoms with van der Waals surface area (Å²) in [7, 11) is 0. The van der Waals surface area contributed by atoms with Crippen LogP contribution in [0.15, 0.2) is 30.5 Å². The molecule has 2 heterocycles. The second kappa shape index (κ2) is 7.90. The molecule has 1 unspecified atom stereocenters. The number of carbonyl (C=O) groups excluding carboxylic acids is 1. The van der Waals surface area contributed by atoms with Gasteiger partial charge in [0.15, 0.2) is 0 Å². The summed E-state index contributed by atoms with van der Waals surface area (Å²) in [5, 5.41) is 13.4. The van der Waals surface area contributed by atoms with Crippen molar-refractivity contribution in [3.8, 4) is 0 Å². The number of halogens is 1. The van der Waals surface area contributed by atoms with Gasteiger partial charge in [-0.3, -0.25) is 9.48 Å². The Morgan fingerprint density at radius 2 is 1.89 bits per heavy atom. The molecular formula is C20H24FN3O3. The van der Waals surface area contributed by atoms with Crippen LogP contribution in [0.3, 0.4) is 0 Å². The zero-order valence-electron chi connectivity index (χ0n) is 15.6. The summed E-state index contributed by atoms with van der Waals surface area (Å²) in [5.41, 5.74) is 1.70. The van der Waals surface area contributed by atoms with Crippen molar-refractivity contribution in [2.75, 3.05) is 13.1 Å². The lowest BCUT2D eigenvalue weighted by Gasteiger charge is -2.34. The fourth-order valence-electron chi connectivity index (χ4n) is 3.80. The van der Waals surface area contributed by atoms with E-state index in [1.165, 1.54) is 18.3 Å². The van der Waals surface area contributed by atoms with E-state index in [1.807, 2.05) is 11.8 Å². The number of carboxylic acid groups (broad SMARTS) is 1. The van der Waals surface area contributed by atoms with Crippen molar-refractivity contribution in [1.82, 2.24) is 14.7 Å². The van der Waals surface area contributed by atoms with Crippen molar-refractivity contribution in [2.45, 2.75) is 45.1 Å². The molecule has 1 atom stereocenters. The van der Waals surface area contributed by atoms with E-state index in [9.17, 15) is 19.1 Å². The van der Waals surface area contributed by atoms with Crippen LogP contribution in [0.25, 0.3) is 0 Å². The zero-order valence-corrected chi connectivity index (χ0v) is 15.6. The first-order chi connectivity index (χ1) is 12.9. The summed E-state index contributed by atoms with van der Waals surface area (Å²) in [6, 6.07) is 6.22. The zero-order chi connectivity index (χ0) is 19.6. The molecule has 1 aliphatic rings. The predicted molar refractivity (Wildman–Crippen MR) is 98.2 cm³/mol. The fourth-order valence-corrected chi connectivity index (χ4v) is 3.80. The van der Waals surface area contributed by atoms with E-state index >= 15 is 0 Å². The van der Waals surface area contributed by atoms with Crippen molar-refractivity contribution in [1.29, 1.82) is 0 Å². The summed E-state index contributed by atoms with van der Waals surface area (Å²) in [6.07, 6.45) is 3.50. The van der Waals surface area contributed by atoms with Gasteiger partial charge >= 0.3 is 5.97 Å². The molecule has 1 aromatic heterocycles. The van der Waals surface area contributed by atoms with Gasteiger partial charge in [-0.15, -0.1) is 0 Å². The van der Waals surface area contributed by atoms with Gasteiger partial charge in [0, 0.05) is 13.1 Å². The summed E-state index contributed by atoms with van der Waals surface area (Å²) in [6.45, 7) is 4.92. The van der Waals surface area contributed by atoms with Crippen molar-refractivity contribution >= 4 is 11.9 Å². The minimum Gasteiger partial charge on any atom is -0.478 e. The molecule has 3 rings (SSSR count). The van der Waals surface area contributed by atoms with E-state index < -0.39 is 5.97 Å². The number of amides is 1. The average molecular weight is 373 g/mol. The van der Waals surface area contributed by atoms with E-state index in [2.05, 4.69) is 5.10 Å². The van der Waals surface area contributed by atoms with Crippen molar-refractivity contribution in [2.24, 2.45) is 0 Å². The predicted octanol–water partition coefficient (Wildman–Crippen LogP) is 3.39. The van der Waals surface area contributed by atoms with Crippen LogP contribution >= 0.6 is 0 Å². The third kappa shape index (κ3) is 3.86. The molecule has 0 bridgehead atoms. The van der Waals surface area contributed by atoms with E-state index in [4.69, 9.17) is 0 Å². The lowest BCUT2D eigenvalue weighted by molar-refractivity contribution is -0.134. The molecule has 1 N–H and O–H groups in total. The molecule has 144 valence electrons. The summed E-state index contributed by atoms with van der Waals surface area (Å²) >= 11 is 0. The molecule has 7 heteroatoms. The quantitative estimate of drug-likeness (QED) is 0.872. The number of carbonyl (C=O) groups is 2. The Kier molecular flexibility index (Phi) is 5.58. The molecule has 6 nitrogen and oxygen atoms in total. The Morgan fingerprint density at radius 3 is 2.41 bits per heavy atom. The largest absolute Gasteiger partial charge is 0.478 e. The highest BCUT2D eigenvalue weighted by Gasteiger charge is 2.30. The van der Waals surface area contributed by atoms with Gasteiger partial charge in [-0.25, -0.2) is 9.18 Å². The number of rotatable bonds is 5. The van der Waals surface area contributed by atoms with Gasteiger partial charge in [-0.05, 0) is 43.9 Å². The Balaban J connectivity index is 1.66. The van der Waals surface area contributed by atoms with E-state index in [0.29, 0.717) is 25.2 Å². The highest BCUT2D eigenvalue weighted by Crippen LogP contribution is 2.28. The molecule has 1 amide bonds. The first-order valence-electron chi connectivity index (χ1n) is 9.24. The van der Waals surface area contributed by atoms with Crippen LogP contribution in [-0.2, 0) is 4.79 Å². The maximum absolute atomic E-state index is 13.2. The number of nitrogens with zero attached hydrogens (tertiary/aromatic N) is 3. The van der Waals surface area contributed by atoms with Crippen LogP contribution in [0.1, 0.15) is 59.8 Å². The number of aromatic carboxylic acids is 1. The molecule has 0 saturated carbocycles. The monoisotopic (exact) mass is 373 g/mol. The van der Waals surface area contributed by atoms with E-state index in [1.54, 1.807) is 23.7 Å². The summed E-state index contributed by atoms with van der Waals surface area (Å²) in [4.78, 5) is 26.0. The highest BCUT2D eigenvalue weighted by atomic mass is 19.1. The lowest BCUT2D eigenvalue weighted by atomic mass is 9.93. The number of carboxylic acids is 1. The van der Waals surface area contributed by atoms with Crippen LogP contribution in [0, 0.1) is 12.7 Å². The molecule has 2 aromatic rings. The topological polar surface area (TPSA) is 75.4 Å². The SMILES string of the molecule is CCC(C(=O)N1CCC(n2ncc(C(=O)O)c2C)CC1)c1ccc(F)cc1. The van der Waals surface area contributed by atoms with Crippen LogP contribution in [0.5, 0.6) is 0 Å². The van der Waals surface area contributed by atoms with E-state index in [-0.39, 0.29) is 29.2 Å². The minimum absolute atomic E-state index is 0.0611. The normalized spacial score (nSPS) is 16.3.